The van der Waals surface area contributed by atoms with E-state index in [4.69, 9.17) is 45.1 Å². The van der Waals surface area contributed by atoms with Gasteiger partial charge in [0.25, 0.3) is 0 Å². The monoisotopic (exact) mass is 1440 g/mol. The molecule has 10 aliphatic rings. The van der Waals surface area contributed by atoms with E-state index in [1.54, 1.807) is 24.3 Å². The van der Waals surface area contributed by atoms with E-state index in [2.05, 4.69) is 61.5 Å². The number of esters is 1. The molecule has 6 aliphatic carbocycles. The van der Waals surface area contributed by atoms with Crippen molar-refractivity contribution in [2.24, 2.45) is 50.2 Å². The molecular formula is C74H97N3O24S. The summed E-state index contributed by atoms with van der Waals surface area (Å²) in [6.45, 7) is 13.4. The van der Waals surface area contributed by atoms with E-state index in [-0.39, 0.29) is 75.1 Å². The highest BCUT2D eigenvalue weighted by Gasteiger charge is 2.72. The summed E-state index contributed by atoms with van der Waals surface area (Å²) in [5, 5.41) is 132. The fraction of sp³-hybridized carbons (Fsp3) is 0.649. The summed E-state index contributed by atoms with van der Waals surface area (Å²) in [6, 6.07) is 11.8. The van der Waals surface area contributed by atoms with Gasteiger partial charge in [-0.3, -0.25) is 19.3 Å². The predicted octanol–water partition coefficient (Wildman–Crippen LogP) is 4.84. The van der Waals surface area contributed by atoms with Crippen molar-refractivity contribution in [1.82, 2.24) is 10.6 Å². The number of unbranched alkanes of at least 4 members (excludes halogenated alkanes) is 2. The van der Waals surface area contributed by atoms with E-state index < -0.39 is 157 Å². The maximum atomic E-state index is 15.9. The number of fused-ring (bicyclic) bond motifs is 9. The number of ether oxygens (including phenoxy) is 6. The average Bonchev–Trinajstić information content (AvgIpc) is 0.671. The highest BCUT2D eigenvalue weighted by molar-refractivity contribution is 7.80. The van der Waals surface area contributed by atoms with E-state index in [0.29, 0.717) is 92.1 Å². The number of phenols is 1. The van der Waals surface area contributed by atoms with Crippen molar-refractivity contribution in [2.75, 3.05) is 25.1 Å². The lowest BCUT2D eigenvalue weighted by Gasteiger charge is -2.71. The molecule has 2 aromatic rings. The predicted molar refractivity (Wildman–Crippen MR) is 367 cm³/mol. The van der Waals surface area contributed by atoms with Crippen molar-refractivity contribution in [3.63, 3.8) is 0 Å². The third-order valence-electron chi connectivity index (χ3n) is 25.1. The smallest absolute Gasteiger partial charge is 0.373 e. The van der Waals surface area contributed by atoms with Gasteiger partial charge in [0, 0.05) is 47.3 Å². The number of hydrogen-bond acceptors (Lipinski definition) is 25. The number of anilines is 1. The number of phenolic OH excluding ortho intramolecular Hbond substituents is 1. The number of carbonyl (C=O) groups is 4. The Bertz CT molecular complexity index is 3870. The maximum Gasteiger partial charge on any atom is 0.373 e. The van der Waals surface area contributed by atoms with Gasteiger partial charge in [0.2, 0.25) is 12.2 Å². The summed E-state index contributed by atoms with van der Waals surface area (Å²) in [4.78, 5) is 72.5. The molecule has 0 aromatic heterocycles. The fourth-order valence-electron chi connectivity index (χ4n) is 19.3. The second-order valence-electron chi connectivity index (χ2n) is 31.5. The Labute approximate surface area is 595 Å². The molecule has 0 spiro atoms. The SMILES string of the molecule is CC1O[C@@H](OC2C(O)[C@@H](NC(=O)CCCCCNC(=S)Nc3ccc(-c4c5ccc(=O)cc-5oc5cc(O)ccc45)c(C(=O)OO)c3)C(CO)O[C@H]2OC(=O)[C@]23CCC(C)(C)CC2C2=CCC4C5(C)CC[C@H](O)[C@](C)(C=O)[C@@H]5CCC4(C)[C@]2(C)CC3O)C(O)C(O)[C@H]1O[C@@H]1OC[C@@H](O)C(O)C1O. The van der Waals surface area contributed by atoms with Crippen LogP contribution in [0.25, 0.3) is 33.4 Å². The van der Waals surface area contributed by atoms with Gasteiger partial charge < -0.3 is 105 Å². The zero-order valence-corrected chi connectivity index (χ0v) is 59.1. The molecule has 13 unspecified atom stereocenters. The van der Waals surface area contributed by atoms with Crippen LogP contribution in [-0.4, -0.2) is 203 Å². The summed E-state index contributed by atoms with van der Waals surface area (Å²) < 4.78 is 42.6. The molecule has 7 fully saturated rings. The molecule has 4 saturated carbocycles. The number of amides is 1. The van der Waals surface area contributed by atoms with Crippen LogP contribution in [0.3, 0.4) is 0 Å². The molecule has 0 radical (unpaired) electrons. The van der Waals surface area contributed by atoms with Gasteiger partial charge in [-0.25, -0.2) is 4.79 Å². The number of nitrogens with one attached hydrogen (secondary N) is 3. The molecular weight excluding hydrogens is 1350 g/mol. The van der Waals surface area contributed by atoms with Crippen LogP contribution in [0, 0.1) is 50.2 Å². The lowest BCUT2D eigenvalue weighted by Crippen LogP contribution is -2.69. The first kappa shape index (κ1) is 75.5. The van der Waals surface area contributed by atoms with Crippen molar-refractivity contribution >= 4 is 58.1 Å². The molecule has 0 bridgehead atoms. The highest BCUT2D eigenvalue weighted by Crippen LogP contribution is 2.76. The number of aliphatic hydroxyl groups excluding tert-OH is 9. The first-order valence-electron chi connectivity index (χ1n) is 35.5. The van der Waals surface area contributed by atoms with Crippen LogP contribution in [0.2, 0.25) is 0 Å². The van der Waals surface area contributed by atoms with Crippen LogP contribution in [0.4, 0.5) is 5.69 Å². The zero-order valence-electron chi connectivity index (χ0n) is 58.3. The summed E-state index contributed by atoms with van der Waals surface area (Å²) in [5.74, 6) is -3.04. The second-order valence-corrected chi connectivity index (χ2v) is 31.9. The molecule has 28 heteroatoms. The molecule has 12 rings (SSSR count). The number of thiocarbonyl (C=S) groups is 1. The molecule has 27 nitrogen and oxygen atoms in total. The topological polar surface area (TPSA) is 422 Å². The Morgan fingerprint density at radius 1 is 0.755 bits per heavy atom. The van der Waals surface area contributed by atoms with E-state index in [1.807, 2.05) is 6.92 Å². The Morgan fingerprint density at radius 2 is 1.49 bits per heavy atom. The van der Waals surface area contributed by atoms with Crippen LogP contribution < -0.4 is 21.4 Å². The average molecular weight is 1440 g/mol. The van der Waals surface area contributed by atoms with Gasteiger partial charge in [-0.2, -0.15) is 5.26 Å². The quantitative estimate of drug-likeness (QED) is 0.00926. The highest BCUT2D eigenvalue weighted by atomic mass is 32.1. The molecule has 24 atom stereocenters. The minimum Gasteiger partial charge on any atom is -0.508 e. The molecule has 2 aromatic carbocycles. The summed E-state index contributed by atoms with van der Waals surface area (Å²) in [6.07, 6.45) is -15.0. The van der Waals surface area contributed by atoms with Crippen molar-refractivity contribution < 1.29 is 113 Å². The molecule has 3 saturated heterocycles. The minimum atomic E-state index is -2.01. The van der Waals surface area contributed by atoms with Crippen molar-refractivity contribution in [1.29, 1.82) is 0 Å². The molecule has 1 amide bonds. The Balaban J connectivity index is 0.738. The molecule has 14 N–H and O–H groups in total. The molecule has 102 heavy (non-hydrogen) atoms. The Kier molecular flexibility index (Phi) is 21.4. The summed E-state index contributed by atoms with van der Waals surface area (Å²) >= 11 is 5.59. The maximum absolute atomic E-state index is 15.9. The number of benzene rings is 3. The van der Waals surface area contributed by atoms with Gasteiger partial charge in [0.15, 0.2) is 29.2 Å². The fourth-order valence-corrected chi connectivity index (χ4v) is 19.5. The lowest BCUT2D eigenvalue weighted by molar-refractivity contribution is -0.370. The van der Waals surface area contributed by atoms with E-state index in [9.17, 15) is 75.5 Å². The van der Waals surface area contributed by atoms with Gasteiger partial charge in [-0.15, -0.1) is 0 Å². The second kappa shape index (κ2) is 29.0. The van der Waals surface area contributed by atoms with E-state index in [0.717, 1.165) is 18.3 Å². The molecule has 558 valence electrons. The third-order valence-corrected chi connectivity index (χ3v) is 25.4. The van der Waals surface area contributed by atoms with Crippen molar-refractivity contribution in [3.8, 4) is 28.2 Å². The van der Waals surface area contributed by atoms with Gasteiger partial charge in [0.05, 0.1) is 48.5 Å². The molecule has 4 aliphatic heterocycles. The Morgan fingerprint density at radius 3 is 2.23 bits per heavy atom. The lowest BCUT2D eigenvalue weighted by atomic mass is 9.33. The number of aromatic hydroxyl groups is 1. The van der Waals surface area contributed by atoms with Gasteiger partial charge >= 0.3 is 11.9 Å². The van der Waals surface area contributed by atoms with Crippen LogP contribution in [0.1, 0.15) is 142 Å². The Hall–Kier alpha value is -6.16. The molecule has 4 heterocycles. The zero-order chi connectivity index (χ0) is 73.5. The summed E-state index contributed by atoms with van der Waals surface area (Å²) in [5.41, 5.74) is -1.81. The standard InChI is InChI=1S/C74H97N3O24S/c1-35-61(98-64-59(89)56(86)45(82)33-94-64)58(88)60(90)65(95-35)99-62-57(87)55(77-53(85)11-9-8-10-26-75-68(102)76-36-12-15-39(42(27-36)63(91)101-93)54-40-16-13-37(80)28-46(40)96-47-29-38(81)14-17-41(47)54)48(32-78)97-66(62)100-67(92)74-25-24-69(2,3)30-44(74)43-18-19-50-70(4)22-21-51(83)71(5,34-79)49(70)20-23-72(50,6)73(43,7)31-52(74)84/h12-18,27-29,34-35,44-45,48-52,55-62,64-66,78,80,82-84,86-90,93H,8-11,19-26,30-33H2,1-7H3,(H,77,85)(H2,75,76,102)/t35?,44?,45-,48?,49-,50?,51+,52?,55+,56?,57?,58?,59?,60?,61+,62?,64+,65+,66+,70?,71-,72?,73-,74-/m1/s1. The normalized spacial score (nSPS) is 39.3. The van der Waals surface area contributed by atoms with E-state index in [1.165, 1.54) is 37.3 Å². The largest absolute Gasteiger partial charge is 0.508 e. The number of carbonyl (C=O) groups excluding carboxylic acids is 4. The first-order valence-corrected chi connectivity index (χ1v) is 35.9. The van der Waals surface area contributed by atoms with Crippen LogP contribution in [0.5, 0.6) is 5.75 Å². The number of aldehydes is 1. The van der Waals surface area contributed by atoms with Crippen LogP contribution in [0.15, 0.2) is 75.5 Å². The van der Waals surface area contributed by atoms with Crippen molar-refractivity contribution in [2.45, 2.75) is 230 Å². The summed E-state index contributed by atoms with van der Waals surface area (Å²) in [7, 11) is 0. The van der Waals surface area contributed by atoms with Crippen LogP contribution in [-0.2, 0) is 47.7 Å². The first-order chi connectivity index (χ1) is 48.3. The third kappa shape index (κ3) is 13.3. The van der Waals surface area contributed by atoms with Gasteiger partial charge in [0.1, 0.15) is 77.6 Å². The number of aliphatic hydroxyl groups is 9. The number of hydrogen-bond donors (Lipinski definition) is 14. The van der Waals surface area contributed by atoms with Gasteiger partial charge in [-0.1, -0.05) is 65.7 Å². The minimum absolute atomic E-state index is 0.0666. The van der Waals surface area contributed by atoms with E-state index >= 15 is 4.79 Å². The van der Waals surface area contributed by atoms with Gasteiger partial charge in [-0.05, 0) is 171 Å². The number of rotatable bonds is 18. The van der Waals surface area contributed by atoms with Crippen LogP contribution >= 0.6 is 12.2 Å². The number of allylic oxidation sites excluding steroid dienone is 2. The van der Waals surface area contributed by atoms with Crippen molar-refractivity contribution in [3.05, 3.63) is 82.0 Å².